The van der Waals surface area contributed by atoms with E-state index in [0.717, 1.165) is 32.5 Å². The second-order valence-electron chi connectivity index (χ2n) is 4.11. The van der Waals surface area contributed by atoms with Crippen molar-refractivity contribution in [2.45, 2.75) is 19.8 Å². The van der Waals surface area contributed by atoms with Crippen LogP contribution in [-0.2, 0) is 4.79 Å². The van der Waals surface area contributed by atoms with E-state index < -0.39 is 0 Å². The Kier molecular flexibility index (Phi) is 8.33. The molecular formula is C11H25N3O. The molecule has 0 aromatic rings. The van der Waals surface area contributed by atoms with Crippen molar-refractivity contribution in [1.29, 1.82) is 0 Å². The third-order valence-corrected chi connectivity index (χ3v) is 2.40. The van der Waals surface area contributed by atoms with E-state index in [4.69, 9.17) is 0 Å². The van der Waals surface area contributed by atoms with Gasteiger partial charge in [-0.2, -0.15) is 0 Å². The number of hydrogen-bond acceptors (Lipinski definition) is 3. The highest BCUT2D eigenvalue weighted by Crippen LogP contribution is 2.00. The highest BCUT2D eigenvalue weighted by molar-refractivity contribution is 5.78. The molecule has 0 rings (SSSR count). The maximum absolute atomic E-state index is 11.6. The quantitative estimate of drug-likeness (QED) is 0.572. The Hall–Kier alpha value is -0.610. The summed E-state index contributed by atoms with van der Waals surface area (Å²) in [5.41, 5.74) is 0. The maximum atomic E-state index is 11.6. The lowest BCUT2D eigenvalue weighted by Gasteiger charge is -2.15. The van der Waals surface area contributed by atoms with Crippen LogP contribution in [0.15, 0.2) is 0 Å². The number of carbonyl (C=O) groups excluding carboxylic acids is 1. The summed E-state index contributed by atoms with van der Waals surface area (Å²) in [5, 5.41) is 6.01. The summed E-state index contributed by atoms with van der Waals surface area (Å²) in [4.78, 5) is 13.8. The maximum Gasteiger partial charge on any atom is 0.224 e. The molecule has 0 aliphatic rings. The zero-order valence-electron chi connectivity index (χ0n) is 10.5. The molecule has 4 nitrogen and oxygen atoms in total. The van der Waals surface area contributed by atoms with Gasteiger partial charge in [0.1, 0.15) is 0 Å². The van der Waals surface area contributed by atoms with E-state index >= 15 is 0 Å². The minimum absolute atomic E-state index is 0.106. The molecule has 1 unspecified atom stereocenters. The molecule has 0 heterocycles. The van der Waals surface area contributed by atoms with Gasteiger partial charge in [0, 0.05) is 13.1 Å². The minimum atomic E-state index is 0.106. The average molecular weight is 215 g/mol. The van der Waals surface area contributed by atoms with Gasteiger partial charge in [-0.25, -0.2) is 0 Å². The highest BCUT2D eigenvalue weighted by Gasteiger charge is 2.14. The first-order chi connectivity index (χ1) is 7.11. The number of nitrogens with zero attached hydrogens (tertiary/aromatic N) is 1. The van der Waals surface area contributed by atoms with E-state index in [9.17, 15) is 4.79 Å². The van der Waals surface area contributed by atoms with Gasteiger partial charge < -0.3 is 15.5 Å². The van der Waals surface area contributed by atoms with E-state index in [1.807, 2.05) is 28.1 Å². The summed E-state index contributed by atoms with van der Waals surface area (Å²) in [7, 11) is 5.96. The van der Waals surface area contributed by atoms with E-state index in [1.54, 1.807) is 0 Å². The smallest absolute Gasteiger partial charge is 0.224 e. The van der Waals surface area contributed by atoms with Crippen LogP contribution < -0.4 is 10.6 Å². The van der Waals surface area contributed by atoms with Crippen LogP contribution in [0, 0.1) is 5.92 Å². The molecule has 0 spiro atoms. The predicted octanol–water partition coefficient (Wildman–Crippen LogP) is 0.300. The molecule has 1 amide bonds. The SMILES string of the molecule is CCC(CNC)C(=O)NCCCN(C)C. The molecular weight excluding hydrogens is 190 g/mol. The average Bonchev–Trinajstić information content (AvgIpc) is 2.20. The fourth-order valence-corrected chi connectivity index (χ4v) is 1.42. The molecule has 0 saturated carbocycles. The summed E-state index contributed by atoms with van der Waals surface area (Å²) < 4.78 is 0. The predicted molar refractivity (Wildman–Crippen MR) is 63.9 cm³/mol. The van der Waals surface area contributed by atoms with Gasteiger partial charge in [0.25, 0.3) is 0 Å². The summed E-state index contributed by atoms with van der Waals surface area (Å²) in [6.07, 6.45) is 1.90. The van der Waals surface area contributed by atoms with Gasteiger partial charge in [0.15, 0.2) is 0 Å². The first kappa shape index (κ1) is 14.4. The molecule has 0 aromatic heterocycles. The van der Waals surface area contributed by atoms with Crippen molar-refractivity contribution in [2.75, 3.05) is 40.8 Å². The number of hydrogen-bond donors (Lipinski definition) is 2. The van der Waals surface area contributed by atoms with E-state index in [2.05, 4.69) is 15.5 Å². The van der Waals surface area contributed by atoms with Gasteiger partial charge in [-0.05, 0) is 40.5 Å². The zero-order valence-corrected chi connectivity index (χ0v) is 10.5. The summed E-state index contributed by atoms with van der Waals surface area (Å²) in [5.74, 6) is 0.278. The summed E-state index contributed by atoms with van der Waals surface area (Å²) >= 11 is 0. The van der Waals surface area contributed by atoms with E-state index in [0.29, 0.717) is 0 Å². The Morgan fingerprint density at radius 2 is 2.07 bits per heavy atom. The Bertz CT molecular complexity index is 171. The molecule has 0 saturated heterocycles. The fourth-order valence-electron chi connectivity index (χ4n) is 1.42. The molecule has 2 N–H and O–H groups in total. The van der Waals surface area contributed by atoms with E-state index in [-0.39, 0.29) is 11.8 Å². The Morgan fingerprint density at radius 3 is 2.53 bits per heavy atom. The minimum Gasteiger partial charge on any atom is -0.356 e. The van der Waals surface area contributed by atoms with Gasteiger partial charge in [-0.15, -0.1) is 0 Å². The van der Waals surface area contributed by atoms with Gasteiger partial charge in [-0.1, -0.05) is 6.92 Å². The van der Waals surface area contributed by atoms with Gasteiger partial charge in [-0.3, -0.25) is 4.79 Å². The van der Waals surface area contributed by atoms with Crippen molar-refractivity contribution in [3.05, 3.63) is 0 Å². The van der Waals surface area contributed by atoms with Crippen LogP contribution in [0.2, 0.25) is 0 Å². The molecule has 15 heavy (non-hydrogen) atoms. The van der Waals surface area contributed by atoms with Crippen molar-refractivity contribution < 1.29 is 4.79 Å². The van der Waals surface area contributed by atoms with Crippen molar-refractivity contribution in [1.82, 2.24) is 15.5 Å². The lowest BCUT2D eigenvalue weighted by atomic mass is 10.1. The standard InChI is InChI=1S/C11H25N3O/c1-5-10(9-12-2)11(15)13-7-6-8-14(3)4/h10,12H,5-9H2,1-4H3,(H,13,15). The monoisotopic (exact) mass is 215 g/mol. The third kappa shape index (κ3) is 7.33. The second-order valence-corrected chi connectivity index (χ2v) is 4.11. The fraction of sp³-hybridized carbons (Fsp3) is 0.909. The Labute approximate surface area is 93.4 Å². The Balaban J connectivity index is 3.62. The van der Waals surface area contributed by atoms with Gasteiger partial charge in [0.05, 0.1) is 5.92 Å². The van der Waals surface area contributed by atoms with Crippen molar-refractivity contribution in [3.8, 4) is 0 Å². The van der Waals surface area contributed by atoms with Crippen LogP contribution in [-0.4, -0.2) is 51.6 Å². The molecule has 1 atom stereocenters. The van der Waals surface area contributed by atoms with Crippen LogP contribution in [0.5, 0.6) is 0 Å². The van der Waals surface area contributed by atoms with E-state index in [1.165, 1.54) is 0 Å². The topological polar surface area (TPSA) is 44.4 Å². The molecule has 0 aromatic carbocycles. The third-order valence-electron chi connectivity index (χ3n) is 2.40. The first-order valence-electron chi connectivity index (χ1n) is 5.68. The van der Waals surface area contributed by atoms with Crippen LogP contribution in [0.4, 0.5) is 0 Å². The molecule has 0 aliphatic carbocycles. The molecule has 0 bridgehead atoms. The lowest BCUT2D eigenvalue weighted by molar-refractivity contribution is -0.124. The zero-order chi connectivity index (χ0) is 11.7. The molecule has 0 fully saturated rings. The number of amides is 1. The number of rotatable bonds is 8. The molecule has 90 valence electrons. The van der Waals surface area contributed by atoms with Crippen LogP contribution in [0.1, 0.15) is 19.8 Å². The Morgan fingerprint density at radius 1 is 1.40 bits per heavy atom. The summed E-state index contributed by atoms with van der Waals surface area (Å²) in [6, 6.07) is 0. The van der Waals surface area contributed by atoms with Gasteiger partial charge in [0.2, 0.25) is 5.91 Å². The van der Waals surface area contributed by atoms with Crippen LogP contribution >= 0.6 is 0 Å². The van der Waals surface area contributed by atoms with Crippen molar-refractivity contribution >= 4 is 5.91 Å². The number of nitrogens with one attached hydrogen (secondary N) is 2. The normalized spacial score (nSPS) is 12.9. The molecule has 4 heteroatoms. The first-order valence-corrected chi connectivity index (χ1v) is 5.68. The van der Waals surface area contributed by atoms with Crippen molar-refractivity contribution in [3.63, 3.8) is 0 Å². The molecule has 0 radical (unpaired) electrons. The highest BCUT2D eigenvalue weighted by atomic mass is 16.1. The van der Waals surface area contributed by atoms with Crippen LogP contribution in [0.25, 0.3) is 0 Å². The summed E-state index contributed by atoms with van der Waals surface area (Å²) in [6.45, 7) is 4.59. The van der Waals surface area contributed by atoms with Crippen LogP contribution in [0.3, 0.4) is 0 Å². The second kappa shape index (κ2) is 8.68. The lowest BCUT2D eigenvalue weighted by Crippen LogP contribution is -2.36. The largest absolute Gasteiger partial charge is 0.356 e. The van der Waals surface area contributed by atoms with Gasteiger partial charge >= 0.3 is 0 Å². The number of carbonyl (C=O) groups is 1. The van der Waals surface area contributed by atoms with Crippen molar-refractivity contribution in [2.24, 2.45) is 5.92 Å². The molecule has 0 aliphatic heterocycles.